The van der Waals surface area contributed by atoms with E-state index in [4.69, 9.17) is 13.7 Å². The molecule has 1 aliphatic heterocycles. The molecule has 0 N–H and O–H groups in total. The van der Waals surface area contributed by atoms with E-state index < -0.39 is 44.3 Å². The monoisotopic (exact) mass is 580 g/mol. The highest BCUT2D eigenvalue weighted by molar-refractivity contribution is 7.86. The Morgan fingerprint density at radius 2 is 1.45 bits per heavy atom. The Labute approximate surface area is 229 Å². The molecule has 1 heterocycles. The van der Waals surface area contributed by atoms with Crippen molar-refractivity contribution in [3.8, 4) is 0 Å². The minimum atomic E-state index is -3.79. The highest BCUT2D eigenvalue weighted by atomic mass is 32.2. The molecule has 16 heteroatoms. The third-order valence-electron chi connectivity index (χ3n) is 6.05. The standard InChI is InChI=1S/C24H28N4O11S/c1-25(23(29)37-15-17-3-7-19(8-4-17)27(31)32)12-11-21-13-22(39-40(2,35)36)14-26(21)24(30)38-16-18-5-9-20(10-6-18)28(33)34/h3-10,21-22H,11-16H2,1-2H3/t21-,22-/m1/s1. The molecule has 2 amide bonds. The first-order valence-electron chi connectivity index (χ1n) is 12.0. The van der Waals surface area contributed by atoms with Gasteiger partial charge in [-0.2, -0.15) is 8.42 Å². The zero-order chi connectivity index (χ0) is 29.4. The first-order chi connectivity index (χ1) is 18.8. The van der Waals surface area contributed by atoms with Crippen LogP contribution in [0.2, 0.25) is 0 Å². The van der Waals surface area contributed by atoms with Crippen LogP contribution in [0.25, 0.3) is 0 Å². The van der Waals surface area contributed by atoms with Crippen LogP contribution in [0.5, 0.6) is 0 Å². The van der Waals surface area contributed by atoms with E-state index in [1.807, 2.05) is 0 Å². The molecule has 0 spiro atoms. The quantitative estimate of drug-likeness (QED) is 0.215. The highest BCUT2D eigenvalue weighted by Crippen LogP contribution is 2.26. The van der Waals surface area contributed by atoms with Crippen molar-refractivity contribution in [3.63, 3.8) is 0 Å². The maximum absolute atomic E-state index is 12.9. The van der Waals surface area contributed by atoms with E-state index in [1.165, 1.54) is 65.4 Å². The minimum Gasteiger partial charge on any atom is -0.445 e. The van der Waals surface area contributed by atoms with Gasteiger partial charge in [-0.3, -0.25) is 24.4 Å². The van der Waals surface area contributed by atoms with Gasteiger partial charge in [-0.1, -0.05) is 0 Å². The lowest BCUT2D eigenvalue weighted by Gasteiger charge is -2.25. The second-order valence-electron chi connectivity index (χ2n) is 9.13. The van der Waals surface area contributed by atoms with E-state index in [-0.39, 0.29) is 50.5 Å². The van der Waals surface area contributed by atoms with E-state index in [0.29, 0.717) is 11.1 Å². The molecular formula is C24H28N4O11S. The van der Waals surface area contributed by atoms with Crippen molar-refractivity contribution in [1.82, 2.24) is 9.80 Å². The van der Waals surface area contributed by atoms with Crippen LogP contribution < -0.4 is 0 Å². The maximum atomic E-state index is 12.9. The third-order valence-corrected chi connectivity index (χ3v) is 6.67. The molecular weight excluding hydrogens is 552 g/mol. The van der Waals surface area contributed by atoms with Crippen molar-refractivity contribution >= 4 is 33.7 Å². The van der Waals surface area contributed by atoms with Crippen LogP contribution in [0.15, 0.2) is 48.5 Å². The van der Waals surface area contributed by atoms with Crippen molar-refractivity contribution in [2.75, 3.05) is 26.4 Å². The van der Waals surface area contributed by atoms with Crippen LogP contribution in [0.3, 0.4) is 0 Å². The highest BCUT2D eigenvalue weighted by Gasteiger charge is 2.38. The number of amides is 2. The van der Waals surface area contributed by atoms with Gasteiger partial charge in [-0.15, -0.1) is 0 Å². The molecule has 0 aromatic heterocycles. The molecule has 1 saturated heterocycles. The van der Waals surface area contributed by atoms with E-state index >= 15 is 0 Å². The van der Waals surface area contributed by atoms with Gasteiger partial charge < -0.3 is 19.3 Å². The topological polar surface area (TPSA) is 189 Å². The number of nitro groups is 2. The van der Waals surface area contributed by atoms with Gasteiger partial charge in [0, 0.05) is 43.9 Å². The molecule has 0 radical (unpaired) electrons. The smallest absolute Gasteiger partial charge is 0.410 e. The number of nitrogens with zero attached hydrogens (tertiary/aromatic N) is 4. The van der Waals surface area contributed by atoms with Crippen LogP contribution in [-0.4, -0.2) is 78.8 Å². The summed E-state index contributed by atoms with van der Waals surface area (Å²) in [6.45, 7) is -0.158. The predicted octanol–water partition coefficient (Wildman–Crippen LogP) is 3.22. The lowest BCUT2D eigenvalue weighted by atomic mass is 10.1. The Morgan fingerprint density at radius 1 is 0.950 bits per heavy atom. The number of ether oxygens (including phenoxy) is 2. The van der Waals surface area contributed by atoms with Crippen LogP contribution in [0.1, 0.15) is 24.0 Å². The van der Waals surface area contributed by atoms with Crippen molar-refractivity contribution in [3.05, 3.63) is 79.9 Å². The number of rotatable bonds is 11. The first-order valence-corrected chi connectivity index (χ1v) is 13.8. The number of non-ortho nitro benzene ring substituents is 2. The molecule has 0 unspecified atom stereocenters. The molecule has 0 saturated carbocycles. The summed E-state index contributed by atoms with van der Waals surface area (Å²) in [4.78, 5) is 48.4. The van der Waals surface area contributed by atoms with Crippen molar-refractivity contribution in [1.29, 1.82) is 0 Å². The van der Waals surface area contributed by atoms with Gasteiger partial charge in [-0.05, 0) is 48.2 Å². The number of hydrogen-bond acceptors (Lipinski definition) is 11. The van der Waals surface area contributed by atoms with Crippen LogP contribution in [0.4, 0.5) is 21.0 Å². The average Bonchev–Trinajstić information content (AvgIpc) is 3.30. The molecule has 15 nitrogen and oxygen atoms in total. The summed E-state index contributed by atoms with van der Waals surface area (Å²) >= 11 is 0. The molecule has 2 aromatic rings. The summed E-state index contributed by atoms with van der Waals surface area (Å²) in [5, 5.41) is 21.6. The Hall–Kier alpha value is -4.31. The lowest BCUT2D eigenvalue weighted by Crippen LogP contribution is -2.39. The summed E-state index contributed by atoms with van der Waals surface area (Å²) < 4.78 is 39.0. The van der Waals surface area contributed by atoms with E-state index in [9.17, 15) is 38.2 Å². The van der Waals surface area contributed by atoms with Crippen molar-refractivity contribution < 1.29 is 41.5 Å². The number of benzene rings is 2. The van der Waals surface area contributed by atoms with Gasteiger partial charge in [0.15, 0.2) is 0 Å². The van der Waals surface area contributed by atoms with Gasteiger partial charge >= 0.3 is 12.2 Å². The predicted molar refractivity (Wildman–Crippen MR) is 139 cm³/mol. The SMILES string of the molecule is CN(CC[C@@H]1C[C@@H](OS(C)(=O)=O)CN1C(=O)OCc1ccc([N+](=O)[O-])cc1)C(=O)OCc1ccc([N+](=O)[O-])cc1. The molecule has 3 rings (SSSR count). The molecule has 2 aromatic carbocycles. The first kappa shape index (κ1) is 30.2. The van der Waals surface area contributed by atoms with E-state index in [1.54, 1.807) is 0 Å². The summed E-state index contributed by atoms with van der Waals surface area (Å²) in [5.74, 6) is 0. The number of likely N-dealkylation sites (tertiary alicyclic amines) is 1. The van der Waals surface area contributed by atoms with Crippen LogP contribution in [0, 0.1) is 20.2 Å². The average molecular weight is 581 g/mol. The fraction of sp³-hybridized carbons (Fsp3) is 0.417. The minimum absolute atomic E-state index is 0.0505. The van der Waals surface area contributed by atoms with Crippen LogP contribution >= 0.6 is 0 Å². The zero-order valence-electron chi connectivity index (χ0n) is 21.7. The van der Waals surface area contributed by atoms with Gasteiger partial charge in [0.1, 0.15) is 13.2 Å². The van der Waals surface area contributed by atoms with Gasteiger partial charge in [0.25, 0.3) is 21.5 Å². The van der Waals surface area contributed by atoms with Gasteiger partial charge in [0.05, 0.1) is 28.8 Å². The fourth-order valence-electron chi connectivity index (χ4n) is 4.03. The van der Waals surface area contributed by atoms with Crippen LogP contribution in [-0.2, 0) is 37.0 Å². The second-order valence-corrected chi connectivity index (χ2v) is 10.7. The molecule has 40 heavy (non-hydrogen) atoms. The van der Waals surface area contributed by atoms with Gasteiger partial charge in [-0.25, -0.2) is 9.59 Å². The van der Waals surface area contributed by atoms with Crippen molar-refractivity contribution in [2.24, 2.45) is 0 Å². The van der Waals surface area contributed by atoms with Gasteiger partial charge in [0.2, 0.25) is 0 Å². The molecule has 0 aliphatic carbocycles. The molecule has 2 atom stereocenters. The van der Waals surface area contributed by atoms with E-state index in [0.717, 1.165) is 6.26 Å². The number of carbonyl (C=O) groups is 2. The molecule has 1 fully saturated rings. The summed E-state index contributed by atoms with van der Waals surface area (Å²) in [6.07, 6.45) is -0.831. The van der Waals surface area contributed by atoms with Crippen molar-refractivity contribution in [2.45, 2.75) is 38.2 Å². The molecule has 216 valence electrons. The summed E-state index contributed by atoms with van der Waals surface area (Å²) in [5.41, 5.74) is 0.892. The Balaban J connectivity index is 1.56. The zero-order valence-corrected chi connectivity index (χ0v) is 22.5. The Kier molecular flexibility index (Phi) is 9.95. The summed E-state index contributed by atoms with van der Waals surface area (Å²) in [7, 11) is -2.29. The maximum Gasteiger partial charge on any atom is 0.410 e. The number of carbonyl (C=O) groups excluding carboxylic acids is 2. The second kappa shape index (κ2) is 13.2. The fourth-order valence-corrected chi connectivity index (χ4v) is 4.67. The largest absolute Gasteiger partial charge is 0.445 e. The molecule has 1 aliphatic rings. The number of hydrogen-bond donors (Lipinski definition) is 0. The summed E-state index contributed by atoms with van der Waals surface area (Å²) in [6, 6.07) is 10.5. The van der Waals surface area contributed by atoms with E-state index in [2.05, 4.69) is 0 Å². The normalized spacial score (nSPS) is 16.8. The lowest BCUT2D eigenvalue weighted by molar-refractivity contribution is -0.385. The Morgan fingerprint density at radius 3 is 1.93 bits per heavy atom. The third kappa shape index (κ3) is 8.88. The number of nitro benzene ring substituents is 2. The molecule has 0 bridgehead atoms. The Bertz CT molecular complexity index is 1330.